The van der Waals surface area contributed by atoms with Gasteiger partial charge in [-0.25, -0.2) is 12.7 Å². The van der Waals surface area contributed by atoms with Crippen molar-refractivity contribution in [1.82, 2.24) is 29.5 Å². The van der Waals surface area contributed by atoms with Gasteiger partial charge in [0, 0.05) is 45.3 Å². The van der Waals surface area contributed by atoms with Crippen LogP contribution in [0.3, 0.4) is 0 Å². The molecule has 2 aromatic heterocycles. The van der Waals surface area contributed by atoms with E-state index in [4.69, 9.17) is 0 Å². The predicted octanol–water partition coefficient (Wildman–Crippen LogP) is 0.869. The highest BCUT2D eigenvalue weighted by Crippen LogP contribution is 2.14. The van der Waals surface area contributed by atoms with E-state index in [1.54, 1.807) is 18.3 Å². The Morgan fingerprint density at radius 1 is 1.29 bits per heavy atom. The zero-order valence-electron chi connectivity index (χ0n) is 16.2. The summed E-state index contributed by atoms with van der Waals surface area (Å²) in [6.45, 7) is 3.47. The molecule has 1 saturated heterocycles. The van der Waals surface area contributed by atoms with E-state index in [1.165, 1.54) is 0 Å². The summed E-state index contributed by atoms with van der Waals surface area (Å²) in [7, 11) is -1.36. The molecule has 1 fully saturated rings. The Balaban J connectivity index is 0.00000280. The fourth-order valence-corrected chi connectivity index (χ4v) is 4.34. The molecule has 9 nitrogen and oxygen atoms in total. The van der Waals surface area contributed by atoms with Crippen molar-refractivity contribution in [2.45, 2.75) is 32.2 Å². The first-order chi connectivity index (χ1) is 13.0. The minimum atomic E-state index is -3.09. The van der Waals surface area contributed by atoms with Crippen LogP contribution in [0.2, 0.25) is 0 Å². The maximum atomic E-state index is 11.9. The number of rotatable bonds is 6. The quantitative estimate of drug-likeness (QED) is 0.332. The molecule has 0 bridgehead atoms. The van der Waals surface area contributed by atoms with E-state index >= 15 is 0 Å². The molecule has 0 unspecified atom stereocenters. The fraction of sp³-hybridized carbons (Fsp3) is 0.588. The van der Waals surface area contributed by atoms with Crippen LogP contribution >= 0.6 is 24.0 Å². The molecule has 2 aromatic rings. The number of hydrogen-bond donors (Lipinski definition) is 2. The molecule has 11 heteroatoms. The number of guanidine groups is 1. The molecule has 3 rings (SSSR count). The highest BCUT2D eigenvalue weighted by Gasteiger charge is 2.26. The second-order valence-electron chi connectivity index (χ2n) is 6.51. The molecular formula is C17H28IN7O2S. The molecule has 3 heterocycles. The molecule has 1 aliphatic rings. The summed E-state index contributed by atoms with van der Waals surface area (Å²) in [4.78, 5) is 4.27. The molecule has 2 N–H and O–H groups in total. The van der Waals surface area contributed by atoms with Gasteiger partial charge in [-0.3, -0.25) is 9.39 Å². The minimum Gasteiger partial charge on any atom is -0.356 e. The van der Waals surface area contributed by atoms with Gasteiger partial charge in [-0.2, -0.15) is 0 Å². The Morgan fingerprint density at radius 2 is 2.04 bits per heavy atom. The summed E-state index contributed by atoms with van der Waals surface area (Å²) >= 11 is 0. The van der Waals surface area contributed by atoms with Gasteiger partial charge in [-0.15, -0.1) is 34.2 Å². The summed E-state index contributed by atoms with van der Waals surface area (Å²) in [6, 6.07) is 6.04. The first-order valence-corrected chi connectivity index (χ1v) is 10.9. The molecule has 0 amide bonds. The third-order valence-electron chi connectivity index (χ3n) is 4.80. The van der Waals surface area contributed by atoms with E-state index in [2.05, 4.69) is 25.8 Å². The molecule has 0 radical (unpaired) electrons. The molecule has 0 spiro atoms. The molecule has 0 aliphatic carbocycles. The number of hydrogen-bond acceptors (Lipinski definition) is 5. The highest BCUT2D eigenvalue weighted by molar-refractivity contribution is 14.0. The van der Waals surface area contributed by atoms with Gasteiger partial charge in [0.05, 0.1) is 5.75 Å². The Bertz CT molecular complexity index is 892. The van der Waals surface area contributed by atoms with Crippen LogP contribution in [0.4, 0.5) is 0 Å². The van der Waals surface area contributed by atoms with Crippen molar-refractivity contribution in [3.8, 4) is 0 Å². The first kappa shape index (κ1) is 22.8. The maximum Gasteiger partial charge on any atom is 0.213 e. The second-order valence-corrected chi connectivity index (χ2v) is 8.77. The number of aromatic nitrogens is 3. The van der Waals surface area contributed by atoms with Gasteiger partial charge < -0.3 is 10.6 Å². The van der Waals surface area contributed by atoms with Gasteiger partial charge in [0.1, 0.15) is 5.82 Å². The lowest BCUT2D eigenvalue weighted by Crippen LogP contribution is -2.50. The van der Waals surface area contributed by atoms with Crippen LogP contribution in [0.25, 0.3) is 5.65 Å². The van der Waals surface area contributed by atoms with E-state index in [0.29, 0.717) is 19.6 Å². The third-order valence-corrected chi connectivity index (χ3v) is 6.68. The van der Waals surface area contributed by atoms with Crippen molar-refractivity contribution in [3.05, 3.63) is 30.2 Å². The van der Waals surface area contributed by atoms with Crippen LogP contribution in [0.1, 0.15) is 25.6 Å². The Kier molecular flexibility index (Phi) is 8.43. The van der Waals surface area contributed by atoms with Crippen LogP contribution in [0, 0.1) is 0 Å². The number of nitrogens with zero attached hydrogens (tertiary/aromatic N) is 5. The maximum absolute atomic E-state index is 11.9. The van der Waals surface area contributed by atoms with E-state index < -0.39 is 10.0 Å². The number of pyridine rings is 1. The van der Waals surface area contributed by atoms with Gasteiger partial charge >= 0.3 is 0 Å². The van der Waals surface area contributed by atoms with E-state index in [9.17, 15) is 8.42 Å². The van der Waals surface area contributed by atoms with Crippen molar-refractivity contribution < 1.29 is 8.42 Å². The van der Waals surface area contributed by atoms with E-state index in [-0.39, 0.29) is 35.8 Å². The summed E-state index contributed by atoms with van der Waals surface area (Å²) in [5.74, 6) is 1.78. The largest absolute Gasteiger partial charge is 0.356 e. The lowest BCUT2D eigenvalue weighted by atomic mass is 10.1. The molecule has 28 heavy (non-hydrogen) atoms. The molecular weight excluding hydrogens is 493 g/mol. The SMILES string of the molecule is CCS(=O)(=O)N1CCC(NC(=NC)NCCc2nnc3ccccn23)CC1.I. The highest BCUT2D eigenvalue weighted by atomic mass is 127. The average molecular weight is 521 g/mol. The first-order valence-electron chi connectivity index (χ1n) is 9.27. The fourth-order valence-electron chi connectivity index (χ4n) is 3.20. The Hall–Kier alpha value is -1.47. The monoisotopic (exact) mass is 521 g/mol. The number of aliphatic imine (C=N–C) groups is 1. The van der Waals surface area contributed by atoms with Crippen molar-refractivity contribution in [2.75, 3.05) is 32.4 Å². The Labute approximate surface area is 183 Å². The molecule has 156 valence electrons. The van der Waals surface area contributed by atoms with Gasteiger partial charge in [-0.05, 0) is 31.9 Å². The summed E-state index contributed by atoms with van der Waals surface area (Å²) in [6.07, 6.45) is 4.22. The van der Waals surface area contributed by atoms with Crippen molar-refractivity contribution in [1.29, 1.82) is 0 Å². The smallest absolute Gasteiger partial charge is 0.213 e. The van der Waals surface area contributed by atoms with E-state index in [0.717, 1.165) is 36.7 Å². The van der Waals surface area contributed by atoms with Crippen LogP contribution < -0.4 is 10.6 Å². The van der Waals surface area contributed by atoms with E-state index in [1.807, 2.05) is 28.8 Å². The number of fused-ring (bicyclic) bond motifs is 1. The molecule has 0 saturated carbocycles. The van der Waals surface area contributed by atoms with Gasteiger partial charge in [-0.1, -0.05) is 6.07 Å². The summed E-state index contributed by atoms with van der Waals surface area (Å²) in [5.41, 5.74) is 0.837. The van der Waals surface area contributed by atoms with Crippen molar-refractivity contribution in [3.63, 3.8) is 0 Å². The predicted molar refractivity (Wildman–Crippen MR) is 121 cm³/mol. The van der Waals surface area contributed by atoms with Gasteiger partial charge in [0.25, 0.3) is 0 Å². The van der Waals surface area contributed by atoms with Crippen LogP contribution in [0.5, 0.6) is 0 Å². The Morgan fingerprint density at radius 3 is 2.71 bits per heavy atom. The van der Waals surface area contributed by atoms with Crippen molar-refractivity contribution in [2.24, 2.45) is 4.99 Å². The second kappa shape index (κ2) is 10.3. The molecule has 1 aliphatic heterocycles. The van der Waals surface area contributed by atoms with Gasteiger partial charge in [0.2, 0.25) is 10.0 Å². The normalized spacial score (nSPS) is 16.7. The summed E-state index contributed by atoms with van der Waals surface area (Å²) in [5, 5.41) is 15.1. The van der Waals surface area contributed by atoms with Crippen LogP contribution in [0.15, 0.2) is 29.4 Å². The minimum absolute atomic E-state index is 0. The summed E-state index contributed by atoms with van der Waals surface area (Å²) < 4.78 is 27.4. The number of nitrogens with one attached hydrogen (secondary N) is 2. The zero-order chi connectivity index (χ0) is 19.3. The topological polar surface area (TPSA) is 104 Å². The average Bonchev–Trinajstić information content (AvgIpc) is 3.11. The zero-order valence-corrected chi connectivity index (χ0v) is 19.4. The van der Waals surface area contributed by atoms with Gasteiger partial charge in [0.15, 0.2) is 11.6 Å². The number of piperidine rings is 1. The number of sulfonamides is 1. The molecule has 0 atom stereocenters. The lowest BCUT2D eigenvalue weighted by molar-refractivity contribution is 0.306. The van der Waals surface area contributed by atoms with Crippen LogP contribution in [-0.2, 0) is 16.4 Å². The third kappa shape index (κ3) is 5.54. The van der Waals surface area contributed by atoms with Crippen LogP contribution in [-0.4, -0.2) is 71.8 Å². The lowest BCUT2D eigenvalue weighted by Gasteiger charge is -2.32. The van der Waals surface area contributed by atoms with Crippen molar-refractivity contribution >= 4 is 45.6 Å². The number of halogens is 1. The standard InChI is InChI=1S/C17H27N7O2S.HI/c1-3-27(25,26)23-12-8-14(9-13-23)20-17(18-2)19-10-7-16-22-21-15-6-4-5-11-24(15)16;/h4-6,11,14H,3,7-10,12-13H2,1-2H3,(H2,18,19,20);1H. The molecule has 0 aromatic carbocycles.